The summed E-state index contributed by atoms with van der Waals surface area (Å²) in [4.78, 5) is 73.2. The van der Waals surface area contributed by atoms with Gasteiger partial charge in [-0.15, -0.1) is 0 Å². The molecule has 1 aliphatic rings. The van der Waals surface area contributed by atoms with E-state index in [4.69, 9.17) is 17.2 Å². The van der Waals surface area contributed by atoms with Gasteiger partial charge in [0.15, 0.2) is 0 Å². The topological polar surface area (TPSA) is 228 Å². The third-order valence-corrected chi connectivity index (χ3v) is 5.40. The number of amides is 5. The Morgan fingerprint density at radius 1 is 0.970 bits per heavy atom. The van der Waals surface area contributed by atoms with E-state index in [2.05, 4.69) is 10.6 Å². The molecular weight excluding hydrogens is 436 g/mol. The average Bonchev–Trinajstić information content (AvgIpc) is 3.22. The molecule has 9 N–H and O–H groups in total. The van der Waals surface area contributed by atoms with Gasteiger partial charge < -0.3 is 37.8 Å². The molecule has 1 saturated heterocycles. The van der Waals surface area contributed by atoms with Crippen LogP contribution in [0.5, 0.6) is 0 Å². The summed E-state index contributed by atoms with van der Waals surface area (Å²) in [5, 5.41) is 14.3. The van der Waals surface area contributed by atoms with Crippen LogP contribution in [0.3, 0.4) is 0 Å². The number of nitrogens with two attached hydrogens (primary N) is 3. The molecule has 4 atom stereocenters. The fourth-order valence-electron chi connectivity index (χ4n) is 3.50. The van der Waals surface area contributed by atoms with E-state index in [1.165, 1.54) is 4.90 Å². The van der Waals surface area contributed by atoms with Gasteiger partial charge in [-0.05, 0) is 31.6 Å². The summed E-state index contributed by atoms with van der Waals surface area (Å²) in [5.74, 6) is -4.86. The van der Waals surface area contributed by atoms with Gasteiger partial charge in [0.25, 0.3) is 0 Å². The molecule has 0 radical (unpaired) electrons. The Labute approximate surface area is 191 Å². The minimum absolute atomic E-state index is 0.0377. The Bertz CT molecular complexity index is 772. The van der Waals surface area contributed by atoms with Gasteiger partial charge in [0.1, 0.15) is 18.1 Å². The van der Waals surface area contributed by atoms with Crippen LogP contribution in [0.2, 0.25) is 0 Å². The molecule has 1 rings (SSSR count). The van der Waals surface area contributed by atoms with Crippen LogP contribution in [0.25, 0.3) is 0 Å². The predicted octanol–water partition coefficient (Wildman–Crippen LogP) is -2.45. The largest absolute Gasteiger partial charge is 0.480 e. The summed E-state index contributed by atoms with van der Waals surface area (Å²) >= 11 is 0. The number of carbonyl (C=O) groups excluding carboxylic acids is 5. The van der Waals surface area contributed by atoms with E-state index in [1.54, 1.807) is 13.8 Å². The molecule has 0 aromatic rings. The lowest BCUT2D eigenvalue weighted by atomic mass is 10.0. The molecular formula is C20H34N6O7. The zero-order valence-electron chi connectivity index (χ0n) is 18.9. The van der Waals surface area contributed by atoms with Gasteiger partial charge >= 0.3 is 5.97 Å². The van der Waals surface area contributed by atoms with Crippen LogP contribution in [0, 0.1) is 5.92 Å². The van der Waals surface area contributed by atoms with E-state index in [0.29, 0.717) is 12.8 Å². The van der Waals surface area contributed by atoms with Crippen molar-refractivity contribution >= 4 is 35.5 Å². The summed E-state index contributed by atoms with van der Waals surface area (Å²) < 4.78 is 0. The SMILES string of the molecule is CC(C)C(NC(=O)C(CCC(N)=O)NC(=O)C(N)CCC(N)=O)C(=O)N1CCCC1C(=O)O. The number of carboxylic acid groups (broad SMARTS) is 1. The zero-order chi connectivity index (χ0) is 25.3. The zero-order valence-corrected chi connectivity index (χ0v) is 18.9. The highest BCUT2D eigenvalue weighted by atomic mass is 16.4. The van der Waals surface area contributed by atoms with Crippen molar-refractivity contribution in [3.63, 3.8) is 0 Å². The maximum absolute atomic E-state index is 13.0. The summed E-state index contributed by atoms with van der Waals surface area (Å²) in [6.45, 7) is 3.63. The fraction of sp³-hybridized carbons (Fsp3) is 0.700. The third kappa shape index (κ3) is 8.67. The fourth-order valence-corrected chi connectivity index (χ4v) is 3.50. The van der Waals surface area contributed by atoms with Crippen molar-refractivity contribution < 1.29 is 33.9 Å². The predicted molar refractivity (Wildman–Crippen MR) is 116 cm³/mol. The van der Waals surface area contributed by atoms with Gasteiger partial charge in [-0.3, -0.25) is 24.0 Å². The number of nitrogens with zero attached hydrogens (tertiary/aromatic N) is 1. The number of aliphatic carboxylic acids is 1. The molecule has 0 aliphatic carbocycles. The number of primary amides is 2. The first-order valence-electron chi connectivity index (χ1n) is 10.8. The molecule has 186 valence electrons. The highest BCUT2D eigenvalue weighted by Crippen LogP contribution is 2.20. The van der Waals surface area contributed by atoms with E-state index in [9.17, 15) is 33.9 Å². The van der Waals surface area contributed by atoms with Gasteiger partial charge in [-0.1, -0.05) is 13.8 Å². The van der Waals surface area contributed by atoms with Crippen molar-refractivity contribution in [2.45, 2.75) is 76.5 Å². The minimum Gasteiger partial charge on any atom is -0.480 e. The lowest BCUT2D eigenvalue weighted by molar-refractivity contribution is -0.150. The average molecular weight is 471 g/mol. The highest BCUT2D eigenvalue weighted by Gasteiger charge is 2.39. The molecule has 5 amide bonds. The number of hydrogen-bond donors (Lipinski definition) is 6. The number of likely N-dealkylation sites (tertiary alicyclic amines) is 1. The molecule has 13 nitrogen and oxygen atoms in total. The second-order valence-corrected chi connectivity index (χ2v) is 8.44. The lowest BCUT2D eigenvalue weighted by Crippen LogP contribution is -2.58. The van der Waals surface area contributed by atoms with Crippen LogP contribution in [-0.4, -0.2) is 76.2 Å². The van der Waals surface area contributed by atoms with Crippen molar-refractivity contribution in [1.82, 2.24) is 15.5 Å². The Morgan fingerprint density at radius 3 is 2.06 bits per heavy atom. The molecule has 0 bridgehead atoms. The van der Waals surface area contributed by atoms with Crippen LogP contribution < -0.4 is 27.8 Å². The van der Waals surface area contributed by atoms with Crippen molar-refractivity contribution in [2.75, 3.05) is 6.54 Å². The first-order valence-corrected chi connectivity index (χ1v) is 10.8. The Kier molecular flexibility index (Phi) is 10.7. The molecule has 4 unspecified atom stereocenters. The lowest BCUT2D eigenvalue weighted by Gasteiger charge is -2.30. The number of rotatable bonds is 13. The quantitative estimate of drug-likeness (QED) is 0.169. The molecule has 13 heteroatoms. The standard InChI is InChI=1S/C20H34N6O7/c1-10(2)16(19(31)26-9-3-4-13(26)20(32)33)25-18(30)12(6-8-15(23)28)24-17(29)11(21)5-7-14(22)27/h10-13,16H,3-9,21H2,1-2H3,(H2,22,27)(H2,23,28)(H,24,29)(H,25,30)(H,32,33). The molecule has 0 aromatic carbocycles. The van der Waals surface area contributed by atoms with Gasteiger partial charge in [0.2, 0.25) is 29.5 Å². The molecule has 1 aliphatic heterocycles. The van der Waals surface area contributed by atoms with E-state index in [-0.39, 0.29) is 38.1 Å². The van der Waals surface area contributed by atoms with Gasteiger partial charge in [0.05, 0.1) is 6.04 Å². The molecule has 0 spiro atoms. The normalized spacial score (nSPS) is 18.3. The summed E-state index contributed by atoms with van der Waals surface area (Å²) in [5.41, 5.74) is 15.9. The maximum atomic E-state index is 13.0. The van der Waals surface area contributed by atoms with Crippen molar-refractivity contribution in [3.05, 3.63) is 0 Å². The number of carbonyl (C=O) groups is 6. The molecule has 1 fully saturated rings. The van der Waals surface area contributed by atoms with Crippen LogP contribution in [0.15, 0.2) is 0 Å². The first-order chi connectivity index (χ1) is 15.3. The number of hydrogen-bond acceptors (Lipinski definition) is 7. The number of nitrogens with one attached hydrogen (secondary N) is 2. The summed E-state index contributed by atoms with van der Waals surface area (Å²) in [6.07, 6.45) is 0.321. The number of carboxylic acids is 1. The highest BCUT2D eigenvalue weighted by molar-refractivity contribution is 5.94. The van der Waals surface area contributed by atoms with E-state index in [1.807, 2.05) is 0 Å². The summed E-state index contributed by atoms with van der Waals surface area (Å²) in [6, 6.07) is -4.37. The first kappa shape index (κ1) is 27.8. The molecule has 33 heavy (non-hydrogen) atoms. The Hall–Kier alpha value is -3.22. The molecule has 0 aromatic heterocycles. The van der Waals surface area contributed by atoms with Crippen LogP contribution >= 0.6 is 0 Å². The van der Waals surface area contributed by atoms with Crippen molar-refractivity contribution in [3.8, 4) is 0 Å². The van der Waals surface area contributed by atoms with Gasteiger partial charge in [-0.25, -0.2) is 4.79 Å². The second kappa shape index (κ2) is 12.7. The van der Waals surface area contributed by atoms with E-state index in [0.717, 1.165) is 0 Å². The monoisotopic (exact) mass is 470 g/mol. The van der Waals surface area contributed by atoms with Crippen LogP contribution in [-0.2, 0) is 28.8 Å². The van der Waals surface area contributed by atoms with Crippen molar-refractivity contribution in [2.24, 2.45) is 23.1 Å². The molecule has 0 saturated carbocycles. The van der Waals surface area contributed by atoms with Gasteiger partial charge in [0, 0.05) is 19.4 Å². The van der Waals surface area contributed by atoms with Gasteiger partial charge in [-0.2, -0.15) is 0 Å². The van der Waals surface area contributed by atoms with Crippen LogP contribution in [0.1, 0.15) is 52.4 Å². The van der Waals surface area contributed by atoms with E-state index < -0.39 is 59.7 Å². The molecule has 1 heterocycles. The van der Waals surface area contributed by atoms with Crippen LogP contribution in [0.4, 0.5) is 0 Å². The van der Waals surface area contributed by atoms with E-state index >= 15 is 0 Å². The smallest absolute Gasteiger partial charge is 0.326 e. The Balaban J connectivity index is 2.96. The third-order valence-electron chi connectivity index (χ3n) is 5.40. The van der Waals surface area contributed by atoms with Crippen molar-refractivity contribution in [1.29, 1.82) is 0 Å². The minimum atomic E-state index is -1.23. The maximum Gasteiger partial charge on any atom is 0.326 e. The Morgan fingerprint density at radius 2 is 1.55 bits per heavy atom. The summed E-state index contributed by atoms with van der Waals surface area (Å²) in [7, 11) is 0. The second-order valence-electron chi connectivity index (χ2n) is 8.44.